The molecule has 0 radical (unpaired) electrons. The van der Waals surface area contributed by atoms with Gasteiger partial charge in [-0.25, -0.2) is 0 Å². The summed E-state index contributed by atoms with van der Waals surface area (Å²) in [5.41, 5.74) is 0.733. The Morgan fingerprint density at radius 1 is 0.957 bits per heavy atom. The molecule has 0 aliphatic carbocycles. The van der Waals surface area contributed by atoms with Crippen molar-refractivity contribution in [2.45, 2.75) is 6.92 Å². The second-order valence-corrected chi connectivity index (χ2v) is 4.61. The summed E-state index contributed by atoms with van der Waals surface area (Å²) in [6, 6.07) is 11.5. The van der Waals surface area contributed by atoms with Gasteiger partial charge in [0.2, 0.25) is 0 Å². The Balaban J connectivity index is 2.28. The van der Waals surface area contributed by atoms with Crippen LogP contribution in [0.1, 0.15) is 17.3 Å². The van der Waals surface area contributed by atoms with Crippen molar-refractivity contribution in [1.82, 2.24) is 0 Å². The molecule has 0 aliphatic rings. The molecule has 0 heterocycles. The highest BCUT2D eigenvalue weighted by Gasteiger charge is 2.15. The average Bonchev–Trinajstić information content (AvgIpc) is 2.55. The van der Waals surface area contributed by atoms with Crippen molar-refractivity contribution in [2.24, 2.45) is 0 Å². The van der Waals surface area contributed by atoms with Crippen molar-refractivity contribution in [2.75, 3.05) is 19.5 Å². The van der Waals surface area contributed by atoms with E-state index in [0.29, 0.717) is 17.2 Å². The molecule has 1 amide bonds. The largest absolute Gasteiger partial charge is 0.497 e. The van der Waals surface area contributed by atoms with E-state index >= 15 is 0 Å². The lowest BCUT2D eigenvalue weighted by molar-refractivity contribution is -0.131. The highest BCUT2D eigenvalue weighted by molar-refractivity contribution is 6.07. The summed E-state index contributed by atoms with van der Waals surface area (Å²) in [4.78, 5) is 23.6. The quantitative estimate of drug-likeness (QED) is 0.678. The van der Waals surface area contributed by atoms with Crippen LogP contribution in [-0.2, 0) is 4.79 Å². The van der Waals surface area contributed by atoms with E-state index in [1.54, 1.807) is 49.6 Å². The van der Waals surface area contributed by atoms with E-state index in [1.807, 2.05) is 0 Å². The molecular weight excluding hydrogens is 298 g/mol. The standard InChI is InChI=1S/C17H17NO5/c1-11(19)23-15-7-5-4-6-13(15)17(20)18-14-9-8-12(21-2)10-16(14)22-3/h4-10H,1-3H3,(H,18,20). The van der Waals surface area contributed by atoms with E-state index in [9.17, 15) is 9.59 Å². The van der Waals surface area contributed by atoms with Crippen LogP contribution in [0.15, 0.2) is 42.5 Å². The van der Waals surface area contributed by atoms with Gasteiger partial charge >= 0.3 is 5.97 Å². The molecule has 6 heteroatoms. The zero-order valence-corrected chi connectivity index (χ0v) is 13.1. The summed E-state index contributed by atoms with van der Waals surface area (Å²) in [6.45, 7) is 1.28. The number of carbonyl (C=O) groups excluding carboxylic acids is 2. The first-order chi connectivity index (χ1) is 11.0. The topological polar surface area (TPSA) is 73.9 Å². The summed E-state index contributed by atoms with van der Waals surface area (Å²) in [7, 11) is 3.04. The molecule has 0 atom stereocenters. The Morgan fingerprint density at radius 3 is 2.35 bits per heavy atom. The highest BCUT2D eigenvalue weighted by atomic mass is 16.5. The van der Waals surface area contributed by atoms with Gasteiger partial charge in [-0.3, -0.25) is 9.59 Å². The fourth-order valence-corrected chi connectivity index (χ4v) is 1.99. The molecule has 23 heavy (non-hydrogen) atoms. The van der Waals surface area contributed by atoms with Crippen molar-refractivity contribution in [3.63, 3.8) is 0 Å². The van der Waals surface area contributed by atoms with Crippen LogP contribution in [0.25, 0.3) is 0 Å². The van der Waals surface area contributed by atoms with Crippen molar-refractivity contribution in [3.8, 4) is 17.2 Å². The van der Waals surface area contributed by atoms with Gasteiger partial charge in [0.1, 0.15) is 17.2 Å². The van der Waals surface area contributed by atoms with Crippen molar-refractivity contribution >= 4 is 17.6 Å². The number of hydrogen-bond donors (Lipinski definition) is 1. The molecule has 0 aliphatic heterocycles. The smallest absolute Gasteiger partial charge is 0.308 e. The molecule has 0 aromatic heterocycles. The molecule has 0 saturated carbocycles. The highest BCUT2D eigenvalue weighted by Crippen LogP contribution is 2.30. The maximum atomic E-state index is 12.4. The normalized spacial score (nSPS) is 9.87. The molecule has 120 valence electrons. The molecule has 2 aromatic carbocycles. The summed E-state index contributed by atoms with van der Waals surface area (Å²) in [5, 5.41) is 2.73. The number of rotatable bonds is 5. The van der Waals surface area contributed by atoms with Crippen LogP contribution in [0, 0.1) is 0 Å². The van der Waals surface area contributed by atoms with Crippen LogP contribution in [0.5, 0.6) is 17.2 Å². The van der Waals surface area contributed by atoms with Gasteiger partial charge in [0.25, 0.3) is 5.91 Å². The molecule has 0 saturated heterocycles. The Bertz CT molecular complexity index is 727. The third-order valence-electron chi connectivity index (χ3n) is 3.04. The minimum atomic E-state index is -0.493. The SMILES string of the molecule is COc1ccc(NC(=O)c2ccccc2OC(C)=O)c(OC)c1. The Morgan fingerprint density at radius 2 is 1.70 bits per heavy atom. The van der Waals surface area contributed by atoms with E-state index in [1.165, 1.54) is 14.0 Å². The number of amides is 1. The molecule has 0 fully saturated rings. The number of esters is 1. The van der Waals surface area contributed by atoms with Crippen molar-refractivity contribution in [1.29, 1.82) is 0 Å². The third kappa shape index (κ3) is 4.00. The second-order valence-electron chi connectivity index (χ2n) is 4.61. The van der Waals surface area contributed by atoms with Crippen LogP contribution in [0.2, 0.25) is 0 Å². The van der Waals surface area contributed by atoms with E-state index in [0.717, 1.165) is 0 Å². The number of benzene rings is 2. The number of anilines is 1. The lowest BCUT2D eigenvalue weighted by Crippen LogP contribution is -2.15. The molecule has 0 unspecified atom stereocenters. The van der Waals surface area contributed by atoms with Gasteiger partial charge in [0, 0.05) is 13.0 Å². The number of hydrogen-bond acceptors (Lipinski definition) is 5. The van der Waals surface area contributed by atoms with Crippen molar-refractivity contribution in [3.05, 3.63) is 48.0 Å². The third-order valence-corrected chi connectivity index (χ3v) is 3.04. The van der Waals surface area contributed by atoms with E-state index < -0.39 is 11.9 Å². The number of ether oxygens (including phenoxy) is 3. The Hall–Kier alpha value is -3.02. The maximum absolute atomic E-state index is 12.4. The maximum Gasteiger partial charge on any atom is 0.308 e. The minimum Gasteiger partial charge on any atom is -0.497 e. The molecule has 2 aromatic rings. The van der Waals surface area contributed by atoms with Crippen LogP contribution in [-0.4, -0.2) is 26.1 Å². The predicted molar refractivity (Wildman–Crippen MR) is 85.3 cm³/mol. The predicted octanol–water partition coefficient (Wildman–Crippen LogP) is 2.88. The molecule has 0 bridgehead atoms. The van der Waals surface area contributed by atoms with Gasteiger partial charge in [0.15, 0.2) is 0 Å². The number of para-hydroxylation sites is 1. The minimum absolute atomic E-state index is 0.199. The molecular formula is C17H17NO5. The Labute approximate surface area is 134 Å². The first kappa shape index (κ1) is 16.4. The summed E-state index contributed by atoms with van der Waals surface area (Å²) < 4.78 is 15.4. The lowest BCUT2D eigenvalue weighted by Gasteiger charge is -2.13. The van der Waals surface area contributed by atoms with Gasteiger partial charge in [-0.1, -0.05) is 12.1 Å². The zero-order valence-electron chi connectivity index (χ0n) is 13.1. The van der Waals surface area contributed by atoms with Crippen LogP contribution in [0.3, 0.4) is 0 Å². The molecule has 0 spiro atoms. The summed E-state index contributed by atoms with van der Waals surface area (Å²) in [6.07, 6.45) is 0. The molecule has 1 N–H and O–H groups in total. The van der Waals surface area contributed by atoms with Gasteiger partial charge < -0.3 is 19.5 Å². The molecule has 2 rings (SSSR count). The summed E-state index contributed by atoms with van der Waals surface area (Å²) in [5.74, 6) is 0.366. The van der Waals surface area contributed by atoms with E-state index in [2.05, 4.69) is 5.32 Å². The van der Waals surface area contributed by atoms with Gasteiger partial charge in [-0.15, -0.1) is 0 Å². The number of methoxy groups -OCH3 is 2. The van der Waals surface area contributed by atoms with Gasteiger partial charge in [-0.05, 0) is 24.3 Å². The van der Waals surface area contributed by atoms with E-state index in [4.69, 9.17) is 14.2 Å². The second kappa shape index (κ2) is 7.31. The molecule has 6 nitrogen and oxygen atoms in total. The van der Waals surface area contributed by atoms with E-state index in [-0.39, 0.29) is 11.3 Å². The van der Waals surface area contributed by atoms with Crippen LogP contribution >= 0.6 is 0 Å². The Kier molecular flexibility index (Phi) is 5.19. The van der Waals surface area contributed by atoms with Gasteiger partial charge in [-0.2, -0.15) is 0 Å². The summed E-state index contributed by atoms with van der Waals surface area (Å²) >= 11 is 0. The first-order valence-corrected chi connectivity index (χ1v) is 6.86. The average molecular weight is 315 g/mol. The fourth-order valence-electron chi connectivity index (χ4n) is 1.99. The first-order valence-electron chi connectivity index (χ1n) is 6.86. The number of carbonyl (C=O) groups is 2. The number of nitrogens with one attached hydrogen (secondary N) is 1. The lowest BCUT2D eigenvalue weighted by atomic mass is 10.1. The van der Waals surface area contributed by atoms with Crippen molar-refractivity contribution < 1.29 is 23.8 Å². The monoisotopic (exact) mass is 315 g/mol. The van der Waals surface area contributed by atoms with Gasteiger partial charge in [0.05, 0.1) is 25.5 Å². The zero-order chi connectivity index (χ0) is 16.8. The van der Waals surface area contributed by atoms with Crippen LogP contribution < -0.4 is 19.5 Å². The fraction of sp³-hybridized carbons (Fsp3) is 0.176. The van der Waals surface area contributed by atoms with Crippen LogP contribution in [0.4, 0.5) is 5.69 Å².